The zero-order chi connectivity index (χ0) is 7.61. The van der Waals surface area contributed by atoms with Gasteiger partial charge in [-0.05, 0) is 6.42 Å². The van der Waals surface area contributed by atoms with Gasteiger partial charge in [0, 0.05) is 19.6 Å². The van der Waals surface area contributed by atoms with E-state index < -0.39 is 5.72 Å². The minimum Gasteiger partial charge on any atom is -0.373 e. The van der Waals surface area contributed by atoms with Gasteiger partial charge in [0.05, 0.1) is 0 Å². The normalized spacial score (nSPS) is 36.3. The quantitative estimate of drug-likeness (QED) is 0.408. The van der Waals surface area contributed by atoms with E-state index >= 15 is 0 Å². The molecule has 4 N–H and O–H groups in total. The molecule has 0 bridgehead atoms. The van der Waals surface area contributed by atoms with Gasteiger partial charge in [-0.25, -0.2) is 5.01 Å². The Balaban J connectivity index is 2.54. The van der Waals surface area contributed by atoms with Crippen LogP contribution in [0.2, 0.25) is 0 Å². The summed E-state index contributed by atoms with van der Waals surface area (Å²) >= 11 is 0. The lowest BCUT2D eigenvalue weighted by atomic mass is 10.1. The van der Waals surface area contributed by atoms with Crippen molar-refractivity contribution in [2.75, 3.05) is 19.6 Å². The van der Waals surface area contributed by atoms with Gasteiger partial charge in [0.2, 0.25) is 0 Å². The van der Waals surface area contributed by atoms with E-state index in [1.165, 1.54) is 5.01 Å². The average Bonchev–Trinajstić information content (AvgIpc) is 1.96. The first kappa shape index (κ1) is 7.94. The molecule has 1 atom stereocenters. The van der Waals surface area contributed by atoms with Crippen molar-refractivity contribution in [1.29, 1.82) is 0 Å². The highest BCUT2D eigenvalue weighted by molar-refractivity contribution is 4.81. The zero-order valence-electron chi connectivity index (χ0n) is 6.30. The molecule has 0 aromatic rings. The van der Waals surface area contributed by atoms with Crippen LogP contribution in [0, 0.1) is 0 Å². The molecule has 0 aromatic carbocycles. The molecule has 1 unspecified atom stereocenters. The van der Waals surface area contributed by atoms with Crippen molar-refractivity contribution >= 4 is 0 Å². The first-order chi connectivity index (χ1) is 4.69. The Morgan fingerprint density at radius 3 is 2.90 bits per heavy atom. The largest absolute Gasteiger partial charge is 0.373 e. The molecule has 0 amide bonds. The molecule has 1 heterocycles. The van der Waals surface area contributed by atoms with Crippen molar-refractivity contribution in [1.82, 2.24) is 10.3 Å². The minimum atomic E-state index is -0.821. The van der Waals surface area contributed by atoms with Crippen LogP contribution in [-0.2, 0) is 0 Å². The second-order valence-electron chi connectivity index (χ2n) is 2.71. The van der Waals surface area contributed by atoms with Crippen LogP contribution in [0.3, 0.4) is 0 Å². The Hall–Kier alpha value is -0.160. The molecule has 0 aliphatic carbocycles. The summed E-state index contributed by atoms with van der Waals surface area (Å²) in [5.41, 5.74) is -0.821. The van der Waals surface area contributed by atoms with E-state index in [4.69, 9.17) is 5.84 Å². The number of hydrogen-bond donors (Lipinski definition) is 3. The molecule has 1 rings (SSSR count). The summed E-state index contributed by atoms with van der Waals surface area (Å²) in [6.07, 6.45) is 0.663. The van der Waals surface area contributed by atoms with Crippen molar-refractivity contribution in [2.24, 2.45) is 5.84 Å². The number of nitrogens with one attached hydrogen (secondary N) is 1. The van der Waals surface area contributed by atoms with Gasteiger partial charge in [-0.15, -0.1) is 0 Å². The van der Waals surface area contributed by atoms with Crippen molar-refractivity contribution in [3.8, 4) is 0 Å². The number of rotatable bonds is 1. The number of nitrogens with zero attached hydrogens (tertiary/aromatic N) is 1. The van der Waals surface area contributed by atoms with E-state index in [2.05, 4.69) is 5.32 Å². The molecule has 10 heavy (non-hydrogen) atoms. The minimum absolute atomic E-state index is 0.569. The summed E-state index contributed by atoms with van der Waals surface area (Å²) in [5.74, 6) is 5.57. The smallest absolute Gasteiger partial charge is 0.142 e. The predicted octanol–water partition coefficient (Wildman–Crippen LogP) is -1.14. The number of aliphatic hydroxyl groups is 1. The summed E-state index contributed by atoms with van der Waals surface area (Å²) in [4.78, 5) is 0. The molecule has 1 saturated heterocycles. The summed E-state index contributed by atoms with van der Waals surface area (Å²) in [6.45, 7) is 4.07. The summed E-state index contributed by atoms with van der Waals surface area (Å²) in [6, 6.07) is 0. The van der Waals surface area contributed by atoms with Crippen LogP contribution in [0.25, 0.3) is 0 Å². The molecule has 0 aromatic heterocycles. The number of hydrazine groups is 1. The van der Waals surface area contributed by atoms with Gasteiger partial charge in [-0.2, -0.15) is 0 Å². The summed E-state index contributed by atoms with van der Waals surface area (Å²) < 4.78 is 0. The molecule has 0 saturated carbocycles. The lowest BCUT2D eigenvalue weighted by Crippen LogP contribution is -2.63. The van der Waals surface area contributed by atoms with E-state index in [9.17, 15) is 5.11 Å². The van der Waals surface area contributed by atoms with Gasteiger partial charge in [0.1, 0.15) is 5.72 Å². The first-order valence-electron chi connectivity index (χ1n) is 3.64. The molecule has 1 fully saturated rings. The molecule has 0 spiro atoms. The third kappa shape index (κ3) is 1.29. The van der Waals surface area contributed by atoms with E-state index in [-0.39, 0.29) is 0 Å². The van der Waals surface area contributed by atoms with E-state index in [1.807, 2.05) is 6.92 Å². The van der Waals surface area contributed by atoms with Gasteiger partial charge in [0.25, 0.3) is 0 Å². The van der Waals surface area contributed by atoms with Crippen molar-refractivity contribution in [2.45, 2.75) is 19.1 Å². The molecule has 4 nitrogen and oxygen atoms in total. The Bertz CT molecular complexity index is 120. The second kappa shape index (κ2) is 2.84. The highest BCUT2D eigenvalue weighted by Gasteiger charge is 2.32. The zero-order valence-corrected chi connectivity index (χ0v) is 6.30. The number of β-amino-alcohol motifs (C(OH)–C–C–N with tert-alkyl or cyclic N) is 1. The maximum Gasteiger partial charge on any atom is 0.142 e. The Morgan fingerprint density at radius 1 is 1.80 bits per heavy atom. The van der Waals surface area contributed by atoms with Crippen LogP contribution >= 0.6 is 0 Å². The van der Waals surface area contributed by atoms with Crippen LogP contribution in [0.1, 0.15) is 13.3 Å². The lowest BCUT2D eigenvalue weighted by Gasteiger charge is -2.39. The highest BCUT2D eigenvalue weighted by atomic mass is 16.3. The Kier molecular flexibility index (Phi) is 2.25. The van der Waals surface area contributed by atoms with Crippen LogP contribution in [0.4, 0.5) is 0 Å². The molecule has 4 heteroatoms. The molecular weight excluding hydrogens is 130 g/mol. The number of nitrogens with two attached hydrogens (primary N) is 1. The van der Waals surface area contributed by atoms with Gasteiger partial charge in [-0.3, -0.25) is 5.84 Å². The highest BCUT2D eigenvalue weighted by Crippen LogP contribution is 2.13. The standard InChI is InChI=1S/C6H15N3O/c1-2-6(10)5-8-3-4-9(6)7/h8,10H,2-5,7H2,1H3. The first-order valence-corrected chi connectivity index (χ1v) is 3.64. The van der Waals surface area contributed by atoms with Crippen molar-refractivity contribution in [3.05, 3.63) is 0 Å². The van der Waals surface area contributed by atoms with Gasteiger partial charge in [0.15, 0.2) is 0 Å². The Morgan fingerprint density at radius 2 is 2.50 bits per heavy atom. The average molecular weight is 145 g/mol. The third-order valence-corrected chi connectivity index (χ3v) is 2.04. The number of piperazine rings is 1. The monoisotopic (exact) mass is 145 g/mol. The van der Waals surface area contributed by atoms with E-state index in [1.54, 1.807) is 0 Å². The van der Waals surface area contributed by atoms with E-state index in [0.717, 1.165) is 6.54 Å². The van der Waals surface area contributed by atoms with Gasteiger partial charge >= 0.3 is 0 Å². The molecule has 0 radical (unpaired) electrons. The maximum absolute atomic E-state index is 9.69. The molecule has 1 aliphatic heterocycles. The molecular formula is C6H15N3O. The van der Waals surface area contributed by atoms with Gasteiger partial charge < -0.3 is 10.4 Å². The van der Waals surface area contributed by atoms with Crippen LogP contribution < -0.4 is 11.2 Å². The topological polar surface area (TPSA) is 61.5 Å². The summed E-state index contributed by atoms with van der Waals surface area (Å²) in [7, 11) is 0. The second-order valence-corrected chi connectivity index (χ2v) is 2.71. The molecule has 60 valence electrons. The van der Waals surface area contributed by atoms with Crippen molar-refractivity contribution in [3.63, 3.8) is 0 Å². The van der Waals surface area contributed by atoms with Crippen LogP contribution in [-0.4, -0.2) is 35.5 Å². The van der Waals surface area contributed by atoms with Crippen LogP contribution in [0.15, 0.2) is 0 Å². The SMILES string of the molecule is CCC1(O)CNCCN1N. The fourth-order valence-corrected chi connectivity index (χ4v) is 1.13. The summed E-state index contributed by atoms with van der Waals surface area (Å²) in [5, 5.41) is 14.3. The maximum atomic E-state index is 9.69. The molecule has 1 aliphatic rings. The fraction of sp³-hybridized carbons (Fsp3) is 1.00. The number of hydrogen-bond acceptors (Lipinski definition) is 4. The van der Waals surface area contributed by atoms with Gasteiger partial charge in [-0.1, -0.05) is 6.92 Å². The van der Waals surface area contributed by atoms with Crippen molar-refractivity contribution < 1.29 is 5.11 Å². The lowest BCUT2D eigenvalue weighted by molar-refractivity contribution is -0.124. The fourth-order valence-electron chi connectivity index (χ4n) is 1.13. The predicted molar refractivity (Wildman–Crippen MR) is 39.0 cm³/mol. The Labute approximate surface area is 61.0 Å². The van der Waals surface area contributed by atoms with E-state index in [0.29, 0.717) is 19.5 Å². The third-order valence-electron chi connectivity index (χ3n) is 2.04. The van der Waals surface area contributed by atoms with Crippen LogP contribution in [0.5, 0.6) is 0 Å².